The first-order chi connectivity index (χ1) is 5.79. The summed E-state index contributed by atoms with van der Waals surface area (Å²) in [4.78, 5) is 1.64. The molecule has 2 rings (SSSR count). The molecule has 0 bridgehead atoms. The van der Waals surface area contributed by atoms with Crippen molar-refractivity contribution < 1.29 is 0 Å². The van der Waals surface area contributed by atoms with E-state index in [1.807, 2.05) is 11.3 Å². The van der Waals surface area contributed by atoms with Crippen LogP contribution in [0.1, 0.15) is 48.6 Å². The zero-order valence-electron chi connectivity index (χ0n) is 7.89. The average Bonchev–Trinajstić information content (AvgIpc) is 2.47. The second-order valence-electron chi connectivity index (χ2n) is 3.97. The summed E-state index contributed by atoms with van der Waals surface area (Å²) in [5, 5.41) is 2.38. The van der Waals surface area contributed by atoms with E-state index in [1.54, 1.807) is 16.0 Å². The first kappa shape index (κ1) is 8.31. The minimum atomic E-state index is 0.733. The predicted molar refractivity (Wildman–Crippen MR) is 55.1 cm³/mol. The van der Waals surface area contributed by atoms with Crippen LogP contribution in [0.3, 0.4) is 0 Å². The molecule has 66 valence electrons. The van der Waals surface area contributed by atoms with Crippen molar-refractivity contribution in [3.63, 3.8) is 0 Å². The Morgan fingerprint density at radius 1 is 1.25 bits per heavy atom. The number of rotatable bonds is 1. The van der Waals surface area contributed by atoms with Crippen LogP contribution in [0.15, 0.2) is 5.38 Å². The minimum Gasteiger partial charge on any atom is -0.148 e. The number of fused-ring (bicyclic) bond motifs is 1. The molecule has 0 fully saturated rings. The summed E-state index contributed by atoms with van der Waals surface area (Å²) < 4.78 is 0. The SMILES string of the molecule is CC(C)c1scc2c1CCCC2. The van der Waals surface area contributed by atoms with Crippen LogP contribution in [0.2, 0.25) is 0 Å². The molecular formula is C11H16S. The van der Waals surface area contributed by atoms with E-state index in [1.165, 1.54) is 25.7 Å². The molecule has 0 saturated heterocycles. The van der Waals surface area contributed by atoms with E-state index in [9.17, 15) is 0 Å². The summed E-state index contributed by atoms with van der Waals surface area (Å²) in [6, 6.07) is 0. The zero-order chi connectivity index (χ0) is 8.55. The van der Waals surface area contributed by atoms with E-state index in [-0.39, 0.29) is 0 Å². The zero-order valence-corrected chi connectivity index (χ0v) is 8.71. The highest BCUT2D eigenvalue weighted by Gasteiger charge is 2.16. The largest absolute Gasteiger partial charge is 0.148 e. The quantitative estimate of drug-likeness (QED) is 0.617. The lowest BCUT2D eigenvalue weighted by Crippen LogP contribution is -2.01. The van der Waals surface area contributed by atoms with E-state index in [2.05, 4.69) is 19.2 Å². The third-order valence-electron chi connectivity index (χ3n) is 2.66. The molecule has 1 aliphatic rings. The fourth-order valence-corrected chi connectivity index (χ4v) is 3.21. The molecule has 0 aromatic carbocycles. The maximum atomic E-state index is 2.38. The topological polar surface area (TPSA) is 0 Å². The fraction of sp³-hybridized carbons (Fsp3) is 0.636. The van der Waals surface area contributed by atoms with Crippen molar-refractivity contribution >= 4 is 11.3 Å². The Morgan fingerprint density at radius 2 is 2.00 bits per heavy atom. The van der Waals surface area contributed by atoms with Crippen LogP contribution in [-0.2, 0) is 12.8 Å². The Kier molecular flexibility index (Phi) is 2.22. The molecule has 1 aromatic heterocycles. The lowest BCUT2D eigenvalue weighted by atomic mass is 9.91. The maximum absolute atomic E-state index is 2.38. The van der Waals surface area contributed by atoms with Gasteiger partial charge >= 0.3 is 0 Å². The van der Waals surface area contributed by atoms with Gasteiger partial charge in [0, 0.05) is 4.88 Å². The first-order valence-electron chi connectivity index (χ1n) is 4.88. The smallest absolute Gasteiger partial charge is 0.0105 e. The number of hydrogen-bond acceptors (Lipinski definition) is 1. The molecule has 0 unspecified atom stereocenters. The van der Waals surface area contributed by atoms with Crippen LogP contribution in [0.4, 0.5) is 0 Å². The van der Waals surface area contributed by atoms with Gasteiger partial charge in [0.25, 0.3) is 0 Å². The maximum Gasteiger partial charge on any atom is 0.0105 e. The van der Waals surface area contributed by atoms with Crippen molar-refractivity contribution in [3.05, 3.63) is 21.4 Å². The summed E-state index contributed by atoms with van der Waals surface area (Å²) in [5.41, 5.74) is 3.34. The van der Waals surface area contributed by atoms with Crippen LogP contribution in [0.25, 0.3) is 0 Å². The highest BCUT2D eigenvalue weighted by atomic mass is 32.1. The molecule has 1 aromatic rings. The molecule has 1 heteroatoms. The minimum absolute atomic E-state index is 0.733. The van der Waals surface area contributed by atoms with E-state index in [0.717, 1.165) is 5.92 Å². The van der Waals surface area contributed by atoms with Gasteiger partial charge in [-0.1, -0.05) is 13.8 Å². The van der Waals surface area contributed by atoms with Gasteiger partial charge in [-0.2, -0.15) is 0 Å². The van der Waals surface area contributed by atoms with Gasteiger partial charge in [-0.25, -0.2) is 0 Å². The summed E-state index contributed by atoms with van der Waals surface area (Å²) in [7, 11) is 0. The van der Waals surface area contributed by atoms with E-state index < -0.39 is 0 Å². The highest BCUT2D eigenvalue weighted by Crippen LogP contribution is 2.34. The van der Waals surface area contributed by atoms with Gasteiger partial charge < -0.3 is 0 Å². The highest BCUT2D eigenvalue weighted by molar-refractivity contribution is 7.10. The van der Waals surface area contributed by atoms with Crippen LogP contribution in [0, 0.1) is 0 Å². The van der Waals surface area contributed by atoms with Gasteiger partial charge in [0.15, 0.2) is 0 Å². The standard InChI is InChI=1S/C11H16S/c1-8(2)11-10-6-4-3-5-9(10)7-12-11/h7-8H,3-6H2,1-2H3. The summed E-state index contributed by atoms with van der Waals surface area (Å²) in [6.07, 6.45) is 5.48. The monoisotopic (exact) mass is 180 g/mol. The molecule has 1 aliphatic carbocycles. The third kappa shape index (κ3) is 1.31. The van der Waals surface area contributed by atoms with Gasteiger partial charge in [-0.05, 0) is 48.1 Å². The van der Waals surface area contributed by atoms with Crippen molar-refractivity contribution in [3.8, 4) is 0 Å². The number of hydrogen-bond donors (Lipinski definition) is 0. The molecule has 12 heavy (non-hydrogen) atoms. The molecule has 0 radical (unpaired) electrons. The van der Waals surface area contributed by atoms with Crippen molar-refractivity contribution in [2.45, 2.75) is 45.4 Å². The number of aryl methyl sites for hydroxylation is 1. The molecule has 0 saturated carbocycles. The molecule has 0 spiro atoms. The van der Waals surface area contributed by atoms with Crippen LogP contribution < -0.4 is 0 Å². The van der Waals surface area contributed by atoms with E-state index >= 15 is 0 Å². The Hall–Kier alpha value is -0.300. The van der Waals surface area contributed by atoms with Gasteiger partial charge in [0.1, 0.15) is 0 Å². The molecular weight excluding hydrogens is 164 g/mol. The molecule has 0 amide bonds. The summed E-state index contributed by atoms with van der Waals surface area (Å²) >= 11 is 1.97. The lowest BCUT2D eigenvalue weighted by Gasteiger charge is -2.14. The number of thiophene rings is 1. The Bertz CT molecular complexity index is 271. The summed E-state index contributed by atoms with van der Waals surface area (Å²) in [6.45, 7) is 4.61. The van der Waals surface area contributed by atoms with Crippen molar-refractivity contribution in [2.24, 2.45) is 0 Å². The average molecular weight is 180 g/mol. The second-order valence-corrected chi connectivity index (χ2v) is 4.88. The van der Waals surface area contributed by atoms with Crippen LogP contribution >= 0.6 is 11.3 Å². The van der Waals surface area contributed by atoms with Crippen molar-refractivity contribution in [1.29, 1.82) is 0 Å². The van der Waals surface area contributed by atoms with Crippen molar-refractivity contribution in [2.75, 3.05) is 0 Å². The molecule has 1 heterocycles. The summed E-state index contributed by atoms with van der Waals surface area (Å²) in [5.74, 6) is 0.733. The van der Waals surface area contributed by atoms with Gasteiger partial charge in [0.2, 0.25) is 0 Å². The normalized spacial score (nSPS) is 16.6. The Labute approximate surface area is 78.6 Å². The van der Waals surface area contributed by atoms with Crippen molar-refractivity contribution in [1.82, 2.24) is 0 Å². The van der Waals surface area contributed by atoms with Gasteiger partial charge in [-0.3, -0.25) is 0 Å². The van der Waals surface area contributed by atoms with Crippen LogP contribution in [-0.4, -0.2) is 0 Å². The third-order valence-corrected chi connectivity index (χ3v) is 4.03. The molecule has 0 aliphatic heterocycles. The van der Waals surface area contributed by atoms with E-state index in [0.29, 0.717) is 0 Å². The lowest BCUT2D eigenvalue weighted by molar-refractivity contribution is 0.679. The predicted octanol–water partition coefficient (Wildman–Crippen LogP) is 3.75. The second kappa shape index (κ2) is 3.21. The van der Waals surface area contributed by atoms with Gasteiger partial charge in [0.05, 0.1) is 0 Å². The van der Waals surface area contributed by atoms with Gasteiger partial charge in [-0.15, -0.1) is 11.3 Å². The molecule has 0 nitrogen and oxygen atoms in total. The molecule has 0 atom stereocenters. The van der Waals surface area contributed by atoms with E-state index in [4.69, 9.17) is 0 Å². The Balaban J connectivity index is 2.38. The fourth-order valence-electron chi connectivity index (χ4n) is 2.03. The Morgan fingerprint density at radius 3 is 2.75 bits per heavy atom. The first-order valence-corrected chi connectivity index (χ1v) is 5.76. The molecule has 0 N–H and O–H groups in total. The van der Waals surface area contributed by atoms with Crippen LogP contribution in [0.5, 0.6) is 0 Å².